The zero-order valence-corrected chi connectivity index (χ0v) is 10.9. The van der Waals surface area contributed by atoms with Gasteiger partial charge in [-0.3, -0.25) is 0 Å². The Kier molecular flexibility index (Phi) is 19.6. The molecule has 2 nitrogen and oxygen atoms in total. The van der Waals surface area contributed by atoms with E-state index in [0.717, 1.165) is 12.8 Å². The molecule has 1 atom stereocenters. The summed E-state index contributed by atoms with van der Waals surface area (Å²) < 4.78 is 18.9. The molecule has 1 unspecified atom stereocenters. The summed E-state index contributed by atoms with van der Waals surface area (Å²) in [5, 5.41) is 0. The maximum absolute atomic E-state index is 10.3. The quantitative estimate of drug-likeness (QED) is 0.350. The monoisotopic (exact) mass is 258 g/mol. The van der Waals surface area contributed by atoms with Gasteiger partial charge in [0.2, 0.25) is 0 Å². The summed E-state index contributed by atoms with van der Waals surface area (Å²) in [7, 11) is 0. The molecular weight excluding hydrogens is 231 g/mol. The molecule has 0 rings (SSSR count). The molecule has 0 aliphatic rings. The fourth-order valence-corrected chi connectivity index (χ4v) is 2.16. The van der Waals surface area contributed by atoms with Crippen molar-refractivity contribution in [2.24, 2.45) is 0 Å². The van der Waals surface area contributed by atoms with Crippen molar-refractivity contribution in [2.45, 2.75) is 71.1 Å². The topological polar surface area (TPSA) is 37.3 Å². The number of unbranched alkanes of at least 4 members (excludes halogenated alkanes) is 9. The van der Waals surface area contributed by atoms with E-state index >= 15 is 0 Å². The molecule has 0 aromatic rings. The van der Waals surface area contributed by atoms with Crippen LogP contribution >= 0.6 is 0 Å². The third-order valence-corrected chi connectivity index (χ3v) is 3.31. The van der Waals surface area contributed by atoms with Crippen molar-refractivity contribution < 1.29 is 8.76 Å². The molecule has 0 saturated heterocycles. The Balaban J connectivity index is 0. The number of rotatable bonds is 11. The normalized spacial score (nSPS) is 12.1. The van der Waals surface area contributed by atoms with Gasteiger partial charge in [-0.05, 0) is 6.42 Å². The van der Waals surface area contributed by atoms with Crippen LogP contribution in [0, 0.1) is 0 Å². The Morgan fingerprint density at radius 2 is 1.19 bits per heavy atom. The first-order valence-electron chi connectivity index (χ1n) is 6.35. The Bertz CT molecular complexity index is 154. The van der Waals surface area contributed by atoms with Gasteiger partial charge < -0.3 is 4.55 Å². The van der Waals surface area contributed by atoms with E-state index in [-0.39, 0.29) is 29.6 Å². The van der Waals surface area contributed by atoms with Crippen LogP contribution in [0.5, 0.6) is 0 Å². The second kappa shape index (κ2) is 16.1. The first-order valence-corrected chi connectivity index (χ1v) is 7.62. The summed E-state index contributed by atoms with van der Waals surface area (Å²) in [6.07, 6.45) is 12.7. The predicted octanol–water partition coefficient (Wildman–Crippen LogP) is 3.48. The van der Waals surface area contributed by atoms with Crippen LogP contribution < -0.4 is 0 Å². The Labute approximate surface area is 126 Å². The van der Waals surface area contributed by atoms with Gasteiger partial charge >= 0.3 is 29.6 Å². The van der Waals surface area contributed by atoms with E-state index < -0.39 is 11.1 Å². The van der Waals surface area contributed by atoms with E-state index in [2.05, 4.69) is 6.92 Å². The van der Waals surface area contributed by atoms with Gasteiger partial charge in [-0.15, -0.1) is 0 Å². The fourth-order valence-electron chi connectivity index (χ4n) is 1.71. The van der Waals surface area contributed by atoms with Gasteiger partial charge in [-0.1, -0.05) is 64.7 Å². The van der Waals surface area contributed by atoms with Crippen LogP contribution in [0.1, 0.15) is 71.1 Å². The average molecular weight is 258 g/mol. The van der Waals surface area contributed by atoms with Gasteiger partial charge in [-0.2, -0.15) is 0 Å². The van der Waals surface area contributed by atoms with E-state index in [1.54, 1.807) is 0 Å². The van der Waals surface area contributed by atoms with Crippen molar-refractivity contribution >= 4 is 40.6 Å². The Hall–Kier alpha value is 1.11. The maximum atomic E-state index is 10.3. The van der Waals surface area contributed by atoms with Crippen molar-refractivity contribution in [2.75, 3.05) is 5.75 Å². The van der Waals surface area contributed by atoms with E-state index in [0.29, 0.717) is 5.75 Å². The summed E-state index contributed by atoms with van der Waals surface area (Å²) in [6, 6.07) is 0. The number of hydrogen-bond acceptors (Lipinski definition) is 1. The van der Waals surface area contributed by atoms with E-state index in [1.807, 2.05) is 0 Å². The van der Waals surface area contributed by atoms with Gasteiger partial charge in [0.15, 0.2) is 11.1 Å². The SMILES string of the molecule is CCCCCCCCCCCCS(=O)O.[NaH]. The summed E-state index contributed by atoms with van der Waals surface area (Å²) >= 11 is -1.58. The molecule has 16 heavy (non-hydrogen) atoms. The van der Waals surface area contributed by atoms with Crippen LogP contribution in [-0.4, -0.2) is 44.1 Å². The molecule has 0 aromatic heterocycles. The molecule has 4 heteroatoms. The first kappa shape index (κ1) is 19.4. The molecule has 0 bridgehead atoms. The molecule has 1 N–H and O–H groups in total. The predicted molar refractivity (Wildman–Crippen MR) is 74.6 cm³/mol. The average Bonchev–Trinajstić information content (AvgIpc) is 2.20. The molecule has 0 aliphatic heterocycles. The third-order valence-electron chi connectivity index (χ3n) is 2.67. The Morgan fingerprint density at radius 3 is 1.56 bits per heavy atom. The van der Waals surface area contributed by atoms with Crippen LogP contribution in [0.3, 0.4) is 0 Å². The molecule has 94 valence electrons. The molecule has 0 fully saturated rings. The summed E-state index contributed by atoms with van der Waals surface area (Å²) in [4.78, 5) is 0. The van der Waals surface area contributed by atoms with Crippen molar-refractivity contribution in [3.05, 3.63) is 0 Å². The van der Waals surface area contributed by atoms with Gasteiger partial charge in [0.05, 0.1) is 0 Å². The van der Waals surface area contributed by atoms with Gasteiger partial charge in [0.1, 0.15) is 0 Å². The fraction of sp³-hybridized carbons (Fsp3) is 1.00. The van der Waals surface area contributed by atoms with Crippen molar-refractivity contribution in [3.8, 4) is 0 Å². The van der Waals surface area contributed by atoms with Crippen molar-refractivity contribution in [1.29, 1.82) is 0 Å². The van der Waals surface area contributed by atoms with Crippen LogP contribution in [0.15, 0.2) is 0 Å². The van der Waals surface area contributed by atoms with Crippen molar-refractivity contribution in [1.82, 2.24) is 0 Å². The van der Waals surface area contributed by atoms with Gasteiger partial charge in [-0.25, -0.2) is 4.21 Å². The van der Waals surface area contributed by atoms with E-state index in [9.17, 15) is 4.21 Å². The minimum absolute atomic E-state index is 0. The standard InChI is InChI=1S/C12H26O2S.Na.H/c1-2-3-4-5-6-7-8-9-10-11-12-15(13)14;;/h2-12H2,1H3,(H,13,14);;. The summed E-state index contributed by atoms with van der Waals surface area (Å²) in [5.41, 5.74) is 0. The summed E-state index contributed by atoms with van der Waals surface area (Å²) in [5.74, 6) is 0.455. The molecular formula is C12H27NaO2S. The molecule has 0 aromatic carbocycles. The second-order valence-electron chi connectivity index (χ2n) is 4.21. The molecule has 0 heterocycles. The number of hydrogen-bond donors (Lipinski definition) is 1. The summed E-state index contributed by atoms with van der Waals surface area (Å²) in [6.45, 7) is 2.24. The van der Waals surface area contributed by atoms with Gasteiger partial charge in [0.25, 0.3) is 0 Å². The zero-order chi connectivity index (χ0) is 11.4. The van der Waals surface area contributed by atoms with Crippen molar-refractivity contribution in [3.63, 3.8) is 0 Å². The van der Waals surface area contributed by atoms with Gasteiger partial charge in [0, 0.05) is 5.75 Å². The molecule has 0 amide bonds. The van der Waals surface area contributed by atoms with Crippen LogP contribution in [-0.2, 0) is 11.1 Å². The Morgan fingerprint density at radius 1 is 0.812 bits per heavy atom. The molecule has 0 saturated carbocycles. The minimum atomic E-state index is -1.58. The van der Waals surface area contributed by atoms with Crippen LogP contribution in [0.4, 0.5) is 0 Å². The van der Waals surface area contributed by atoms with Crippen LogP contribution in [0.2, 0.25) is 0 Å². The second-order valence-corrected chi connectivity index (χ2v) is 5.26. The molecule has 0 radical (unpaired) electrons. The first-order chi connectivity index (χ1) is 7.27. The third kappa shape index (κ3) is 17.5. The molecule has 0 aliphatic carbocycles. The molecule has 0 spiro atoms. The van der Waals surface area contributed by atoms with E-state index in [1.165, 1.54) is 51.4 Å². The van der Waals surface area contributed by atoms with Crippen LogP contribution in [0.25, 0.3) is 0 Å². The van der Waals surface area contributed by atoms with E-state index in [4.69, 9.17) is 4.55 Å². The zero-order valence-electron chi connectivity index (χ0n) is 10.0.